The van der Waals surface area contributed by atoms with Gasteiger partial charge in [0.2, 0.25) is 0 Å². The Morgan fingerprint density at radius 1 is 1.16 bits per heavy atom. The summed E-state index contributed by atoms with van der Waals surface area (Å²) in [5, 5.41) is 6.01. The minimum atomic E-state index is -0.288. The fourth-order valence-corrected chi connectivity index (χ4v) is 1.97. The van der Waals surface area contributed by atoms with Crippen molar-refractivity contribution in [2.45, 2.75) is 6.42 Å². The summed E-state index contributed by atoms with van der Waals surface area (Å²) in [5.74, 6) is 1.60. The van der Waals surface area contributed by atoms with Crippen molar-refractivity contribution in [3.05, 3.63) is 34.6 Å². The smallest absolute Gasteiger partial charge is 0.272 e. The zero-order valence-electron chi connectivity index (χ0n) is 10.2. The number of H-pyrrole nitrogens is 1. The average molecular weight is 259 g/mol. The van der Waals surface area contributed by atoms with Crippen LogP contribution in [0.2, 0.25) is 0 Å². The molecule has 98 valence electrons. The molecule has 0 amide bonds. The second kappa shape index (κ2) is 4.64. The molecule has 0 saturated heterocycles. The Hall–Kier alpha value is -2.50. The summed E-state index contributed by atoms with van der Waals surface area (Å²) in [7, 11) is 0. The van der Waals surface area contributed by atoms with Crippen LogP contribution in [0, 0.1) is 0 Å². The number of benzene rings is 1. The van der Waals surface area contributed by atoms with Crippen LogP contribution in [-0.4, -0.2) is 23.4 Å². The van der Waals surface area contributed by atoms with Gasteiger partial charge in [0.25, 0.3) is 5.56 Å². The minimum Gasteiger partial charge on any atom is -0.490 e. The third kappa shape index (κ3) is 2.24. The predicted molar refractivity (Wildman–Crippen MR) is 70.3 cm³/mol. The number of rotatable bonds is 1. The van der Waals surface area contributed by atoms with E-state index in [2.05, 4.69) is 10.2 Å². The Morgan fingerprint density at radius 3 is 2.79 bits per heavy atom. The molecule has 0 atom stereocenters. The monoisotopic (exact) mass is 259 g/mol. The molecule has 2 aromatic rings. The van der Waals surface area contributed by atoms with Crippen LogP contribution in [0.15, 0.2) is 29.1 Å². The van der Waals surface area contributed by atoms with E-state index in [9.17, 15) is 4.79 Å². The SMILES string of the molecule is Nc1cc(-c2ccc3c(c2)OCCCO3)c(=O)[nH]n1. The highest BCUT2D eigenvalue weighted by Gasteiger charge is 2.13. The molecule has 0 unspecified atom stereocenters. The number of nitrogens with zero attached hydrogens (tertiary/aromatic N) is 1. The van der Waals surface area contributed by atoms with E-state index in [1.165, 1.54) is 6.07 Å². The third-order valence-corrected chi connectivity index (χ3v) is 2.88. The predicted octanol–water partition coefficient (Wildman–Crippen LogP) is 1.18. The van der Waals surface area contributed by atoms with E-state index in [0.29, 0.717) is 30.3 Å². The number of nitrogen functional groups attached to an aromatic ring is 1. The highest BCUT2D eigenvalue weighted by molar-refractivity contribution is 5.68. The lowest BCUT2D eigenvalue weighted by atomic mass is 10.1. The van der Waals surface area contributed by atoms with Gasteiger partial charge in [-0.3, -0.25) is 4.79 Å². The maximum absolute atomic E-state index is 11.8. The highest BCUT2D eigenvalue weighted by atomic mass is 16.5. The molecule has 1 aromatic heterocycles. The standard InChI is InChI=1S/C13H13N3O3/c14-12-7-9(13(17)16-15-12)8-2-3-10-11(6-8)19-5-1-4-18-10/h2-3,6-7H,1,4-5H2,(H2,14,15)(H,16,17). The van der Waals surface area contributed by atoms with Gasteiger partial charge in [0, 0.05) is 6.42 Å². The van der Waals surface area contributed by atoms with Crippen LogP contribution in [0.5, 0.6) is 11.5 Å². The molecule has 1 aliphatic heterocycles. The van der Waals surface area contributed by atoms with E-state index in [0.717, 1.165) is 12.0 Å². The van der Waals surface area contributed by atoms with Gasteiger partial charge in [-0.05, 0) is 23.8 Å². The molecular weight excluding hydrogens is 246 g/mol. The summed E-state index contributed by atoms with van der Waals surface area (Å²) in [6.07, 6.45) is 0.840. The largest absolute Gasteiger partial charge is 0.490 e. The zero-order chi connectivity index (χ0) is 13.2. The number of aromatic nitrogens is 2. The number of anilines is 1. The van der Waals surface area contributed by atoms with Gasteiger partial charge in [0.1, 0.15) is 5.82 Å². The molecule has 3 N–H and O–H groups in total. The fraction of sp³-hybridized carbons (Fsp3) is 0.231. The second-order valence-electron chi connectivity index (χ2n) is 4.25. The molecule has 0 saturated carbocycles. The number of hydrogen-bond acceptors (Lipinski definition) is 5. The van der Waals surface area contributed by atoms with Gasteiger partial charge in [-0.15, -0.1) is 0 Å². The molecule has 2 heterocycles. The van der Waals surface area contributed by atoms with Crippen molar-refractivity contribution in [3.63, 3.8) is 0 Å². The maximum atomic E-state index is 11.8. The van der Waals surface area contributed by atoms with E-state index in [4.69, 9.17) is 15.2 Å². The van der Waals surface area contributed by atoms with Crippen molar-refractivity contribution >= 4 is 5.82 Å². The van der Waals surface area contributed by atoms with Crippen molar-refractivity contribution in [3.8, 4) is 22.6 Å². The molecule has 0 aliphatic carbocycles. The van der Waals surface area contributed by atoms with Crippen molar-refractivity contribution in [1.82, 2.24) is 10.2 Å². The summed E-state index contributed by atoms with van der Waals surface area (Å²) >= 11 is 0. The van der Waals surface area contributed by atoms with Gasteiger partial charge in [-0.25, -0.2) is 5.10 Å². The first-order valence-corrected chi connectivity index (χ1v) is 5.99. The van der Waals surface area contributed by atoms with Gasteiger partial charge in [0.15, 0.2) is 11.5 Å². The van der Waals surface area contributed by atoms with E-state index < -0.39 is 0 Å². The van der Waals surface area contributed by atoms with Gasteiger partial charge >= 0.3 is 0 Å². The summed E-state index contributed by atoms with van der Waals surface area (Å²) < 4.78 is 11.1. The summed E-state index contributed by atoms with van der Waals surface area (Å²) in [6, 6.07) is 6.92. The van der Waals surface area contributed by atoms with Gasteiger partial charge < -0.3 is 15.2 Å². The molecule has 1 aromatic carbocycles. The summed E-state index contributed by atoms with van der Waals surface area (Å²) in [4.78, 5) is 11.8. The molecule has 0 spiro atoms. The van der Waals surface area contributed by atoms with Crippen molar-refractivity contribution < 1.29 is 9.47 Å². The average Bonchev–Trinajstić information content (AvgIpc) is 2.66. The Labute approximate surface area is 109 Å². The molecule has 1 aliphatic rings. The number of ether oxygens (including phenoxy) is 2. The van der Waals surface area contributed by atoms with Crippen LogP contribution in [-0.2, 0) is 0 Å². The molecule has 0 bridgehead atoms. The third-order valence-electron chi connectivity index (χ3n) is 2.88. The number of nitrogens with one attached hydrogen (secondary N) is 1. The lowest BCUT2D eigenvalue weighted by Crippen LogP contribution is -2.12. The van der Waals surface area contributed by atoms with E-state index in [-0.39, 0.29) is 11.4 Å². The summed E-state index contributed by atoms with van der Waals surface area (Å²) in [6.45, 7) is 1.24. The fourth-order valence-electron chi connectivity index (χ4n) is 1.97. The number of aromatic amines is 1. The Balaban J connectivity index is 2.08. The first kappa shape index (κ1) is 11.6. The lowest BCUT2D eigenvalue weighted by Gasteiger charge is -2.09. The number of hydrogen-bond donors (Lipinski definition) is 2. The maximum Gasteiger partial charge on any atom is 0.272 e. The minimum absolute atomic E-state index is 0.265. The molecule has 0 fully saturated rings. The van der Waals surface area contributed by atoms with E-state index >= 15 is 0 Å². The van der Waals surface area contributed by atoms with E-state index in [1.54, 1.807) is 18.2 Å². The molecule has 6 nitrogen and oxygen atoms in total. The Bertz CT molecular complexity index is 666. The Morgan fingerprint density at radius 2 is 1.95 bits per heavy atom. The summed E-state index contributed by atoms with van der Waals surface area (Å²) in [5.41, 5.74) is 6.49. The van der Waals surface area contributed by atoms with Crippen LogP contribution < -0.4 is 20.8 Å². The normalized spacial score (nSPS) is 13.9. The van der Waals surface area contributed by atoms with Crippen LogP contribution in [0.3, 0.4) is 0 Å². The van der Waals surface area contributed by atoms with Gasteiger partial charge in [0.05, 0.1) is 18.8 Å². The van der Waals surface area contributed by atoms with E-state index in [1.807, 2.05) is 0 Å². The number of fused-ring (bicyclic) bond motifs is 1. The molecule has 3 rings (SSSR count). The van der Waals surface area contributed by atoms with Crippen LogP contribution in [0.25, 0.3) is 11.1 Å². The molecular formula is C13H13N3O3. The number of nitrogens with two attached hydrogens (primary N) is 1. The van der Waals surface area contributed by atoms with Crippen molar-refractivity contribution in [1.29, 1.82) is 0 Å². The zero-order valence-corrected chi connectivity index (χ0v) is 10.2. The highest BCUT2D eigenvalue weighted by Crippen LogP contribution is 2.33. The van der Waals surface area contributed by atoms with Crippen LogP contribution >= 0.6 is 0 Å². The molecule has 0 radical (unpaired) electrons. The van der Waals surface area contributed by atoms with Crippen molar-refractivity contribution in [2.75, 3.05) is 18.9 Å². The quantitative estimate of drug-likeness (QED) is 0.802. The first-order chi connectivity index (χ1) is 9.24. The Kier molecular flexibility index (Phi) is 2.83. The first-order valence-electron chi connectivity index (χ1n) is 5.99. The van der Waals surface area contributed by atoms with Gasteiger partial charge in [-0.1, -0.05) is 6.07 Å². The second-order valence-corrected chi connectivity index (χ2v) is 4.25. The molecule has 6 heteroatoms. The van der Waals surface area contributed by atoms with Gasteiger partial charge in [-0.2, -0.15) is 5.10 Å². The topological polar surface area (TPSA) is 90.2 Å². The lowest BCUT2D eigenvalue weighted by molar-refractivity contribution is 0.297. The van der Waals surface area contributed by atoms with Crippen LogP contribution in [0.4, 0.5) is 5.82 Å². The van der Waals surface area contributed by atoms with Crippen molar-refractivity contribution in [2.24, 2.45) is 0 Å². The van der Waals surface area contributed by atoms with Crippen LogP contribution in [0.1, 0.15) is 6.42 Å². The molecule has 19 heavy (non-hydrogen) atoms.